The van der Waals surface area contributed by atoms with Crippen LogP contribution in [0.4, 0.5) is 17.6 Å². The third-order valence-corrected chi connectivity index (χ3v) is 2.84. The Hall–Kier alpha value is -2.08. The van der Waals surface area contributed by atoms with Gasteiger partial charge in [0, 0.05) is 23.8 Å². The molecule has 0 spiro atoms. The summed E-state index contributed by atoms with van der Waals surface area (Å²) < 4.78 is 58.7. The van der Waals surface area contributed by atoms with Crippen molar-refractivity contribution in [2.75, 3.05) is 7.11 Å². The molecular formula is C14H11F4NO. The largest absolute Gasteiger partial charge is 0.497 e. The molecule has 0 heterocycles. The minimum absolute atomic E-state index is 0.0126. The summed E-state index contributed by atoms with van der Waals surface area (Å²) in [6.07, 6.45) is 0. The van der Waals surface area contributed by atoms with Crippen molar-refractivity contribution in [1.82, 2.24) is 0 Å². The average molecular weight is 285 g/mol. The van der Waals surface area contributed by atoms with E-state index in [0.29, 0.717) is 6.07 Å². The Labute approximate surface area is 112 Å². The maximum atomic E-state index is 13.8. The summed E-state index contributed by atoms with van der Waals surface area (Å²) in [5.74, 6) is -3.64. The van der Waals surface area contributed by atoms with Gasteiger partial charge >= 0.3 is 0 Å². The Bertz CT molecular complexity index is 602. The number of nitrogens with two attached hydrogens (primary N) is 1. The maximum absolute atomic E-state index is 13.8. The first-order valence-electron chi connectivity index (χ1n) is 5.67. The SMILES string of the molecule is COc1cc(F)c(C(N)c2cc(F)cc(F)c2)c(F)c1. The van der Waals surface area contributed by atoms with Crippen LogP contribution in [0.15, 0.2) is 30.3 Å². The fraction of sp³-hybridized carbons (Fsp3) is 0.143. The molecule has 0 aromatic heterocycles. The zero-order valence-electron chi connectivity index (χ0n) is 10.5. The molecule has 2 aromatic carbocycles. The van der Waals surface area contributed by atoms with Crippen LogP contribution in [-0.2, 0) is 0 Å². The number of ether oxygens (including phenoxy) is 1. The molecule has 106 valence electrons. The van der Waals surface area contributed by atoms with Gasteiger partial charge in [0.25, 0.3) is 0 Å². The van der Waals surface area contributed by atoms with E-state index in [0.717, 1.165) is 24.3 Å². The average Bonchev–Trinajstić information content (AvgIpc) is 2.36. The van der Waals surface area contributed by atoms with Gasteiger partial charge < -0.3 is 10.5 Å². The van der Waals surface area contributed by atoms with E-state index in [1.807, 2.05) is 0 Å². The van der Waals surface area contributed by atoms with E-state index in [-0.39, 0.29) is 11.3 Å². The lowest BCUT2D eigenvalue weighted by Gasteiger charge is -2.15. The van der Waals surface area contributed by atoms with Gasteiger partial charge in [-0.05, 0) is 17.7 Å². The Kier molecular flexibility index (Phi) is 3.94. The van der Waals surface area contributed by atoms with Gasteiger partial charge in [-0.15, -0.1) is 0 Å². The van der Waals surface area contributed by atoms with Crippen molar-refractivity contribution >= 4 is 0 Å². The molecule has 0 saturated carbocycles. The molecule has 0 radical (unpaired) electrons. The Morgan fingerprint density at radius 3 is 1.85 bits per heavy atom. The molecule has 0 fully saturated rings. The maximum Gasteiger partial charge on any atom is 0.134 e. The quantitative estimate of drug-likeness (QED) is 0.878. The lowest BCUT2D eigenvalue weighted by Crippen LogP contribution is -2.16. The Balaban J connectivity index is 2.50. The van der Waals surface area contributed by atoms with E-state index in [4.69, 9.17) is 10.5 Å². The zero-order valence-corrected chi connectivity index (χ0v) is 10.5. The zero-order chi connectivity index (χ0) is 14.9. The van der Waals surface area contributed by atoms with Gasteiger partial charge in [0.2, 0.25) is 0 Å². The molecule has 0 aliphatic heterocycles. The second kappa shape index (κ2) is 5.50. The molecule has 0 aliphatic carbocycles. The highest BCUT2D eigenvalue weighted by atomic mass is 19.1. The van der Waals surface area contributed by atoms with Crippen LogP contribution in [0.1, 0.15) is 17.2 Å². The molecule has 1 atom stereocenters. The van der Waals surface area contributed by atoms with E-state index in [1.54, 1.807) is 0 Å². The highest BCUT2D eigenvalue weighted by Crippen LogP contribution is 2.29. The summed E-state index contributed by atoms with van der Waals surface area (Å²) in [5.41, 5.74) is 5.15. The van der Waals surface area contributed by atoms with Crippen LogP contribution in [0, 0.1) is 23.3 Å². The van der Waals surface area contributed by atoms with Crippen LogP contribution < -0.4 is 10.5 Å². The van der Waals surface area contributed by atoms with Gasteiger partial charge in [-0.3, -0.25) is 0 Å². The molecule has 0 aliphatic rings. The van der Waals surface area contributed by atoms with E-state index in [2.05, 4.69) is 0 Å². The van der Waals surface area contributed by atoms with Crippen LogP contribution in [0.25, 0.3) is 0 Å². The topological polar surface area (TPSA) is 35.2 Å². The van der Waals surface area contributed by atoms with Crippen molar-refractivity contribution in [3.63, 3.8) is 0 Å². The number of hydrogen-bond donors (Lipinski definition) is 1. The van der Waals surface area contributed by atoms with Crippen LogP contribution in [0.5, 0.6) is 5.75 Å². The highest BCUT2D eigenvalue weighted by Gasteiger charge is 2.21. The Morgan fingerprint density at radius 2 is 1.40 bits per heavy atom. The van der Waals surface area contributed by atoms with E-state index < -0.39 is 34.9 Å². The van der Waals surface area contributed by atoms with Crippen LogP contribution in [0.2, 0.25) is 0 Å². The number of hydrogen-bond acceptors (Lipinski definition) is 2. The lowest BCUT2D eigenvalue weighted by molar-refractivity contribution is 0.404. The number of methoxy groups -OCH3 is 1. The van der Waals surface area contributed by atoms with Crippen molar-refractivity contribution < 1.29 is 22.3 Å². The first-order valence-corrected chi connectivity index (χ1v) is 5.67. The third-order valence-electron chi connectivity index (χ3n) is 2.84. The van der Waals surface area contributed by atoms with Gasteiger partial charge in [0.15, 0.2) is 0 Å². The standard InChI is InChI=1S/C14H11F4NO/c1-20-10-5-11(17)13(12(18)6-10)14(19)7-2-8(15)4-9(16)3-7/h2-6,14H,19H2,1H3. The number of benzene rings is 2. The number of halogens is 4. The van der Waals surface area contributed by atoms with Crippen LogP contribution >= 0.6 is 0 Å². The number of rotatable bonds is 3. The van der Waals surface area contributed by atoms with E-state index >= 15 is 0 Å². The summed E-state index contributed by atoms with van der Waals surface area (Å²) >= 11 is 0. The van der Waals surface area contributed by atoms with Crippen molar-refractivity contribution in [3.05, 3.63) is 64.7 Å². The van der Waals surface area contributed by atoms with Crippen molar-refractivity contribution in [1.29, 1.82) is 0 Å². The summed E-state index contributed by atoms with van der Waals surface area (Å²) in [6, 6.07) is 3.08. The molecular weight excluding hydrogens is 274 g/mol. The lowest BCUT2D eigenvalue weighted by atomic mass is 9.98. The normalized spacial score (nSPS) is 12.3. The summed E-state index contributed by atoms with van der Waals surface area (Å²) in [6.45, 7) is 0. The monoisotopic (exact) mass is 285 g/mol. The minimum atomic E-state index is -1.33. The molecule has 6 heteroatoms. The molecule has 2 aromatic rings. The molecule has 1 unspecified atom stereocenters. The fourth-order valence-electron chi connectivity index (χ4n) is 1.90. The van der Waals surface area contributed by atoms with Gasteiger partial charge in [-0.2, -0.15) is 0 Å². The first kappa shape index (κ1) is 14.3. The molecule has 20 heavy (non-hydrogen) atoms. The van der Waals surface area contributed by atoms with Crippen molar-refractivity contribution in [2.24, 2.45) is 5.73 Å². The van der Waals surface area contributed by atoms with Gasteiger partial charge in [0.1, 0.15) is 29.0 Å². The molecule has 0 amide bonds. The molecule has 2 N–H and O–H groups in total. The second-order valence-corrected chi connectivity index (χ2v) is 4.19. The van der Waals surface area contributed by atoms with Crippen molar-refractivity contribution in [3.8, 4) is 5.75 Å². The predicted octanol–water partition coefficient (Wildman–Crippen LogP) is 3.30. The molecule has 0 saturated heterocycles. The smallest absolute Gasteiger partial charge is 0.134 e. The van der Waals surface area contributed by atoms with Crippen LogP contribution in [-0.4, -0.2) is 7.11 Å². The fourth-order valence-corrected chi connectivity index (χ4v) is 1.90. The summed E-state index contributed by atoms with van der Waals surface area (Å²) in [7, 11) is 1.26. The van der Waals surface area contributed by atoms with Gasteiger partial charge in [-0.25, -0.2) is 17.6 Å². The summed E-state index contributed by atoms with van der Waals surface area (Å²) in [4.78, 5) is 0. The molecule has 0 bridgehead atoms. The highest BCUT2D eigenvalue weighted by molar-refractivity contribution is 5.38. The first-order chi connectivity index (χ1) is 9.42. The minimum Gasteiger partial charge on any atom is -0.497 e. The Morgan fingerprint density at radius 1 is 0.900 bits per heavy atom. The molecule has 2 rings (SSSR count). The predicted molar refractivity (Wildman–Crippen MR) is 65.3 cm³/mol. The van der Waals surface area contributed by atoms with Crippen molar-refractivity contribution in [2.45, 2.75) is 6.04 Å². The van der Waals surface area contributed by atoms with E-state index in [9.17, 15) is 17.6 Å². The molecule has 2 nitrogen and oxygen atoms in total. The third kappa shape index (κ3) is 2.75. The second-order valence-electron chi connectivity index (χ2n) is 4.19. The van der Waals surface area contributed by atoms with E-state index in [1.165, 1.54) is 7.11 Å². The van der Waals surface area contributed by atoms with Crippen LogP contribution in [0.3, 0.4) is 0 Å². The van der Waals surface area contributed by atoms with Gasteiger partial charge in [-0.1, -0.05) is 0 Å². The summed E-state index contributed by atoms with van der Waals surface area (Å²) in [5, 5.41) is 0. The van der Waals surface area contributed by atoms with Gasteiger partial charge in [0.05, 0.1) is 13.2 Å².